The Hall–Kier alpha value is -4.07. The topological polar surface area (TPSA) is 44.1 Å². The number of rotatable bonds is 2. The van der Waals surface area contributed by atoms with Gasteiger partial charge in [0, 0.05) is 23.0 Å². The Bertz CT molecular complexity index is 1430. The van der Waals surface area contributed by atoms with Crippen LogP contribution in [0.1, 0.15) is 28.2 Å². The first kappa shape index (κ1) is 20.3. The molecule has 0 aliphatic carbocycles. The first-order chi connectivity index (χ1) is 16.9. The Labute approximate surface area is 198 Å². The number of halogens is 3. The summed E-state index contributed by atoms with van der Waals surface area (Å²) in [7, 11) is 0. The van der Waals surface area contributed by atoms with Crippen LogP contribution in [0.3, 0.4) is 0 Å². The lowest BCUT2D eigenvalue weighted by molar-refractivity contribution is -0.153. The number of nitrogens with zero attached hydrogens (tertiary/aromatic N) is 1. The molecule has 176 valence electrons. The molecule has 0 N–H and O–H groups in total. The van der Waals surface area contributed by atoms with Crippen molar-refractivity contribution < 1.29 is 31.8 Å². The van der Waals surface area contributed by atoms with E-state index in [1.54, 1.807) is 0 Å². The first-order valence-electron chi connectivity index (χ1n) is 11.1. The molecule has 0 atom stereocenters. The zero-order valence-electron chi connectivity index (χ0n) is 18.3. The molecule has 0 unspecified atom stereocenters. The molecule has 1 spiro atoms. The molecule has 0 radical (unpaired) electrons. The summed E-state index contributed by atoms with van der Waals surface area (Å²) in [6.45, 7) is 0.691. The van der Waals surface area contributed by atoms with Crippen molar-refractivity contribution in [1.29, 1.82) is 0 Å². The fraction of sp³-hybridized carbons (Fsp3) is 0.185. The molecule has 0 fully saturated rings. The van der Waals surface area contributed by atoms with Gasteiger partial charge in [-0.15, -0.1) is 0 Å². The highest BCUT2D eigenvalue weighted by Crippen LogP contribution is 2.59. The highest BCUT2D eigenvalue weighted by atomic mass is 19.4. The minimum absolute atomic E-state index is 0.148. The molecule has 3 aliphatic heterocycles. The normalized spacial score (nSPS) is 16.6. The van der Waals surface area contributed by atoms with E-state index in [0.717, 1.165) is 39.9 Å². The van der Waals surface area contributed by atoms with Crippen molar-refractivity contribution in [3.63, 3.8) is 0 Å². The van der Waals surface area contributed by atoms with E-state index in [4.69, 9.17) is 18.6 Å². The number of anilines is 2. The second-order valence-electron chi connectivity index (χ2n) is 8.78. The van der Waals surface area contributed by atoms with E-state index < -0.39 is 17.4 Å². The SMILES string of the molecule is FC(F)(F)c1ccc(CN2c3ccccc3C3(COc4cc5c(cc43)OCO5)c3ccccc32)o1. The zero-order valence-corrected chi connectivity index (χ0v) is 18.3. The molecule has 5 nitrogen and oxygen atoms in total. The monoisotopic (exact) mass is 477 g/mol. The smallest absolute Gasteiger partial charge is 0.449 e. The third-order valence-electron chi connectivity index (χ3n) is 6.94. The van der Waals surface area contributed by atoms with E-state index >= 15 is 0 Å². The van der Waals surface area contributed by atoms with E-state index in [1.807, 2.05) is 65.6 Å². The Balaban J connectivity index is 1.41. The Kier molecular flexibility index (Phi) is 4.05. The molecule has 8 heteroatoms. The maximum absolute atomic E-state index is 13.2. The number of para-hydroxylation sites is 2. The quantitative estimate of drug-likeness (QED) is 0.334. The van der Waals surface area contributed by atoms with Gasteiger partial charge in [0.2, 0.25) is 12.6 Å². The Morgan fingerprint density at radius 2 is 1.40 bits per heavy atom. The van der Waals surface area contributed by atoms with Crippen molar-refractivity contribution in [3.05, 3.63) is 101 Å². The minimum atomic E-state index is -4.53. The highest BCUT2D eigenvalue weighted by Gasteiger charge is 2.51. The number of benzene rings is 3. The van der Waals surface area contributed by atoms with Gasteiger partial charge in [-0.1, -0.05) is 36.4 Å². The summed E-state index contributed by atoms with van der Waals surface area (Å²) >= 11 is 0. The molecule has 0 saturated heterocycles. The van der Waals surface area contributed by atoms with E-state index in [1.165, 1.54) is 6.07 Å². The van der Waals surface area contributed by atoms with Crippen LogP contribution in [0.15, 0.2) is 77.2 Å². The van der Waals surface area contributed by atoms with Gasteiger partial charge in [-0.2, -0.15) is 13.2 Å². The number of alkyl halides is 3. The van der Waals surface area contributed by atoms with Crippen molar-refractivity contribution >= 4 is 11.4 Å². The fourth-order valence-electron chi connectivity index (χ4n) is 5.44. The van der Waals surface area contributed by atoms with Gasteiger partial charge < -0.3 is 23.5 Å². The van der Waals surface area contributed by atoms with Gasteiger partial charge in [0.05, 0.1) is 12.0 Å². The summed E-state index contributed by atoms with van der Waals surface area (Å²) in [6.07, 6.45) is -4.53. The largest absolute Gasteiger partial charge is 0.491 e. The van der Waals surface area contributed by atoms with Crippen molar-refractivity contribution in [2.45, 2.75) is 18.1 Å². The fourth-order valence-corrected chi connectivity index (χ4v) is 5.44. The van der Waals surface area contributed by atoms with Gasteiger partial charge in [0.15, 0.2) is 11.5 Å². The van der Waals surface area contributed by atoms with Crippen molar-refractivity contribution in [2.75, 3.05) is 18.3 Å². The molecule has 4 aromatic rings. The predicted octanol–water partition coefficient (Wildman–Crippen LogP) is 6.41. The zero-order chi connectivity index (χ0) is 23.8. The second kappa shape index (κ2) is 6.97. The van der Waals surface area contributed by atoms with Gasteiger partial charge >= 0.3 is 6.18 Å². The third-order valence-corrected chi connectivity index (χ3v) is 6.94. The molecule has 35 heavy (non-hydrogen) atoms. The highest BCUT2D eigenvalue weighted by molar-refractivity contribution is 5.82. The summed E-state index contributed by atoms with van der Waals surface area (Å²) < 4.78 is 62.1. The molecule has 7 rings (SSSR count). The summed E-state index contributed by atoms with van der Waals surface area (Å²) in [5, 5.41) is 0. The van der Waals surface area contributed by atoms with Gasteiger partial charge in [0.25, 0.3) is 0 Å². The standard InChI is InChI=1S/C27H18F3NO4/c28-27(29,30)25-10-9-16(35-25)13-31-20-7-3-1-5-17(20)26(18-6-2-4-8-21(18)31)14-32-22-12-24-23(11-19(22)26)33-15-34-24/h1-12H,13-15H2. The van der Waals surface area contributed by atoms with Crippen LogP contribution in [0.5, 0.6) is 17.2 Å². The first-order valence-corrected chi connectivity index (χ1v) is 11.1. The lowest BCUT2D eigenvalue weighted by Gasteiger charge is -2.42. The van der Waals surface area contributed by atoms with Gasteiger partial charge in [0.1, 0.15) is 18.1 Å². The van der Waals surface area contributed by atoms with Crippen LogP contribution >= 0.6 is 0 Å². The predicted molar refractivity (Wildman–Crippen MR) is 120 cm³/mol. The van der Waals surface area contributed by atoms with Crippen LogP contribution in [-0.2, 0) is 18.1 Å². The van der Waals surface area contributed by atoms with Crippen molar-refractivity contribution in [2.24, 2.45) is 0 Å². The maximum Gasteiger partial charge on any atom is 0.449 e. The van der Waals surface area contributed by atoms with Crippen LogP contribution in [0, 0.1) is 0 Å². The van der Waals surface area contributed by atoms with Crippen LogP contribution < -0.4 is 19.1 Å². The molecule has 3 aromatic carbocycles. The van der Waals surface area contributed by atoms with Crippen LogP contribution in [0.25, 0.3) is 0 Å². The minimum Gasteiger partial charge on any atom is -0.491 e. The lowest BCUT2D eigenvalue weighted by Crippen LogP contribution is -2.39. The van der Waals surface area contributed by atoms with Crippen molar-refractivity contribution in [3.8, 4) is 17.2 Å². The molecule has 0 saturated carbocycles. The molecule has 3 aliphatic rings. The molecule has 0 amide bonds. The number of fused-ring (bicyclic) bond motifs is 7. The Morgan fingerprint density at radius 3 is 2.06 bits per heavy atom. The van der Waals surface area contributed by atoms with E-state index in [2.05, 4.69) is 0 Å². The third kappa shape index (κ3) is 2.82. The Morgan fingerprint density at radius 1 is 0.743 bits per heavy atom. The number of hydrogen-bond acceptors (Lipinski definition) is 5. The van der Waals surface area contributed by atoms with E-state index in [-0.39, 0.29) is 19.1 Å². The van der Waals surface area contributed by atoms with Gasteiger partial charge in [-0.25, -0.2) is 0 Å². The molecule has 4 heterocycles. The van der Waals surface area contributed by atoms with E-state index in [0.29, 0.717) is 18.1 Å². The number of ether oxygens (including phenoxy) is 3. The van der Waals surface area contributed by atoms with Crippen LogP contribution in [-0.4, -0.2) is 13.4 Å². The molecule has 0 bridgehead atoms. The van der Waals surface area contributed by atoms with Crippen LogP contribution in [0.2, 0.25) is 0 Å². The molecular formula is C27H18F3NO4. The summed E-state index contributed by atoms with van der Waals surface area (Å²) in [5.74, 6) is 1.27. The summed E-state index contributed by atoms with van der Waals surface area (Å²) in [4.78, 5) is 2.00. The average molecular weight is 477 g/mol. The second-order valence-corrected chi connectivity index (χ2v) is 8.78. The summed E-state index contributed by atoms with van der Waals surface area (Å²) in [5.41, 5.74) is 4.12. The summed E-state index contributed by atoms with van der Waals surface area (Å²) in [6, 6.07) is 22.0. The van der Waals surface area contributed by atoms with Gasteiger partial charge in [-0.05, 0) is 41.5 Å². The molecule has 1 aromatic heterocycles. The van der Waals surface area contributed by atoms with Gasteiger partial charge in [-0.3, -0.25) is 0 Å². The van der Waals surface area contributed by atoms with E-state index in [9.17, 15) is 13.2 Å². The number of furan rings is 1. The lowest BCUT2D eigenvalue weighted by atomic mass is 9.67. The molecular weight excluding hydrogens is 459 g/mol. The maximum atomic E-state index is 13.2. The number of hydrogen-bond donors (Lipinski definition) is 0. The van der Waals surface area contributed by atoms with Crippen LogP contribution in [0.4, 0.5) is 24.5 Å². The average Bonchev–Trinajstić information content (AvgIpc) is 3.59. The van der Waals surface area contributed by atoms with Crippen molar-refractivity contribution in [1.82, 2.24) is 0 Å².